The van der Waals surface area contributed by atoms with Crippen LogP contribution >= 0.6 is 11.6 Å². The van der Waals surface area contributed by atoms with Gasteiger partial charge in [0.2, 0.25) is 0 Å². The Kier molecular flexibility index (Phi) is 3.22. The summed E-state index contributed by atoms with van der Waals surface area (Å²) in [6.07, 6.45) is 2.93. The number of aromatic nitrogens is 2. The number of benzene rings is 1. The zero-order valence-corrected chi connectivity index (χ0v) is 9.86. The Balaban J connectivity index is 2.26. The van der Waals surface area contributed by atoms with E-state index < -0.39 is 0 Å². The minimum Gasteiger partial charge on any atom is -0.339 e. The molecule has 84 valence electrons. The third kappa shape index (κ3) is 2.52. The predicted molar refractivity (Wildman–Crippen MR) is 66.2 cm³/mol. The molecule has 1 aromatic heterocycles. The number of halogens is 1. The molecular formula is C12H9ClN4. The maximum absolute atomic E-state index is 8.61. The summed E-state index contributed by atoms with van der Waals surface area (Å²) >= 11 is 6.01. The lowest BCUT2D eigenvalue weighted by atomic mass is 10.2. The molecule has 0 atom stereocenters. The number of rotatable bonds is 2. The second-order valence-corrected chi connectivity index (χ2v) is 3.84. The van der Waals surface area contributed by atoms with Gasteiger partial charge in [0.25, 0.3) is 0 Å². The average molecular weight is 245 g/mol. The molecule has 1 N–H and O–H groups in total. The molecule has 1 aromatic carbocycles. The molecule has 0 saturated heterocycles. The van der Waals surface area contributed by atoms with Crippen molar-refractivity contribution < 1.29 is 0 Å². The van der Waals surface area contributed by atoms with E-state index in [1.165, 1.54) is 12.4 Å². The zero-order chi connectivity index (χ0) is 12.3. The summed E-state index contributed by atoms with van der Waals surface area (Å²) in [6.45, 7) is 1.92. The maximum atomic E-state index is 8.61. The van der Waals surface area contributed by atoms with Crippen molar-refractivity contribution in [1.29, 1.82) is 5.26 Å². The molecule has 0 spiro atoms. The second-order valence-electron chi connectivity index (χ2n) is 3.44. The van der Waals surface area contributed by atoms with E-state index in [4.69, 9.17) is 16.9 Å². The van der Waals surface area contributed by atoms with Crippen LogP contribution in [0.1, 0.15) is 11.3 Å². The number of nitriles is 1. The predicted octanol–water partition coefficient (Wildman–Crippen LogP) is 3.05. The van der Waals surface area contributed by atoms with E-state index in [-0.39, 0.29) is 0 Å². The van der Waals surface area contributed by atoms with Gasteiger partial charge in [-0.2, -0.15) is 5.26 Å². The fourth-order valence-corrected chi connectivity index (χ4v) is 1.51. The molecule has 0 aliphatic heterocycles. The molecular weight excluding hydrogens is 236 g/mol. The number of nitrogens with zero attached hydrogens (tertiary/aromatic N) is 3. The van der Waals surface area contributed by atoms with Crippen molar-refractivity contribution in [2.24, 2.45) is 0 Å². The molecule has 2 aromatic rings. The summed E-state index contributed by atoms with van der Waals surface area (Å²) in [5, 5.41) is 12.4. The Morgan fingerprint density at radius 3 is 2.76 bits per heavy atom. The van der Waals surface area contributed by atoms with E-state index in [0.717, 1.165) is 11.3 Å². The first-order chi connectivity index (χ1) is 8.20. The Labute approximate surface area is 104 Å². The van der Waals surface area contributed by atoms with Gasteiger partial charge >= 0.3 is 0 Å². The van der Waals surface area contributed by atoms with Gasteiger partial charge in [-0.05, 0) is 24.6 Å². The van der Waals surface area contributed by atoms with Gasteiger partial charge < -0.3 is 5.32 Å². The highest BCUT2D eigenvalue weighted by Gasteiger charge is 2.03. The van der Waals surface area contributed by atoms with E-state index in [2.05, 4.69) is 15.3 Å². The Hall–Kier alpha value is -2.12. The van der Waals surface area contributed by atoms with E-state index in [0.29, 0.717) is 16.5 Å². The van der Waals surface area contributed by atoms with Crippen molar-refractivity contribution in [1.82, 2.24) is 9.97 Å². The summed E-state index contributed by atoms with van der Waals surface area (Å²) in [4.78, 5) is 8.00. The Morgan fingerprint density at radius 2 is 2.12 bits per heavy atom. The zero-order valence-electron chi connectivity index (χ0n) is 9.11. The van der Waals surface area contributed by atoms with Crippen LogP contribution in [0.15, 0.2) is 30.6 Å². The molecule has 0 aliphatic carbocycles. The molecule has 0 bridgehead atoms. The van der Waals surface area contributed by atoms with E-state index in [1.807, 2.05) is 31.2 Å². The third-order valence-corrected chi connectivity index (χ3v) is 2.71. The van der Waals surface area contributed by atoms with Crippen molar-refractivity contribution in [3.05, 3.63) is 46.9 Å². The molecule has 0 fully saturated rings. The fraction of sp³-hybridized carbons (Fsp3) is 0.0833. The first-order valence-electron chi connectivity index (χ1n) is 4.95. The summed E-state index contributed by atoms with van der Waals surface area (Å²) in [6, 6.07) is 7.50. The Bertz CT molecular complexity index is 572. The highest BCUT2D eigenvalue weighted by molar-refractivity contribution is 6.31. The van der Waals surface area contributed by atoms with Crippen LogP contribution in [0.3, 0.4) is 0 Å². The third-order valence-electron chi connectivity index (χ3n) is 2.30. The van der Waals surface area contributed by atoms with Crippen LogP contribution in [0.25, 0.3) is 0 Å². The van der Waals surface area contributed by atoms with Crippen molar-refractivity contribution in [3.8, 4) is 6.07 Å². The summed E-state index contributed by atoms with van der Waals surface area (Å²) in [5.41, 5.74) is 2.11. The molecule has 2 rings (SSSR count). The lowest BCUT2D eigenvalue weighted by Gasteiger charge is -2.09. The van der Waals surface area contributed by atoms with Gasteiger partial charge in [0.05, 0.1) is 12.4 Å². The molecule has 0 amide bonds. The van der Waals surface area contributed by atoms with Gasteiger partial charge in [-0.1, -0.05) is 17.7 Å². The highest BCUT2D eigenvalue weighted by Crippen LogP contribution is 2.24. The molecule has 0 aliphatic rings. The van der Waals surface area contributed by atoms with E-state index in [9.17, 15) is 0 Å². The first-order valence-corrected chi connectivity index (χ1v) is 5.33. The van der Waals surface area contributed by atoms with Crippen LogP contribution in [0.5, 0.6) is 0 Å². The standard InChI is InChI=1S/C12H9ClN4/c1-8-10(13)3-2-4-11(8)17-12-7-15-9(5-14)6-16-12/h2-4,6-7H,1H3,(H,16,17). The molecule has 17 heavy (non-hydrogen) atoms. The molecule has 1 heterocycles. The van der Waals surface area contributed by atoms with Crippen molar-refractivity contribution in [2.75, 3.05) is 5.32 Å². The maximum Gasteiger partial charge on any atom is 0.158 e. The number of hydrogen-bond acceptors (Lipinski definition) is 4. The van der Waals surface area contributed by atoms with Crippen molar-refractivity contribution in [3.63, 3.8) is 0 Å². The van der Waals surface area contributed by atoms with Gasteiger partial charge in [-0.15, -0.1) is 0 Å². The molecule has 0 unspecified atom stereocenters. The smallest absolute Gasteiger partial charge is 0.158 e. The lowest BCUT2D eigenvalue weighted by Crippen LogP contribution is -1.97. The first kappa shape index (κ1) is 11.4. The van der Waals surface area contributed by atoms with Gasteiger partial charge in [-0.25, -0.2) is 9.97 Å². The minimum absolute atomic E-state index is 0.290. The van der Waals surface area contributed by atoms with Crippen LogP contribution in [-0.4, -0.2) is 9.97 Å². The van der Waals surface area contributed by atoms with Crippen LogP contribution in [0.4, 0.5) is 11.5 Å². The van der Waals surface area contributed by atoms with E-state index in [1.54, 1.807) is 0 Å². The monoisotopic (exact) mass is 244 g/mol. The minimum atomic E-state index is 0.290. The summed E-state index contributed by atoms with van der Waals surface area (Å²) in [5.74, 6) is 0.578. The Morgan fingerprint density at radius 1 is 1.29 bits per heavy atom. The van der Waals surface area contributed by atoms with Gasteiger partial charge in [0, 0.05) is 10.7 Å². The largest absolute Gasteiger partial charge is 0.339 e. The van der Waals surface area contributed by atoms with Gasteiger partial charge in [0.15, 0.2) is 5.69 Å². The molecule has 5 heteroatoms. The molecule has 0 radical (unpaired) electrons. The van der Waals surface area contributed by atoms with Crippen LogP contribution in [0, 0.1) is 18.3 Å². The van der Waals surface area contributed by atoms with Crippen LogP contribution < -0.4 is 5.32 Å². The molecule has 4 nitrogen and oxygen atoms in total. The van der Waals surface area contributed by atoms with Crippen molar-refractivity contribution in [2.45, 2.75) is 6.92 Å². The SMILES string of the molecule is Cc1c(Cl)cccc1Nc1cnc(C#N)cn1. The molecule has 0 saturated carbocycles. The quantitative estimate of drug-likeness (QED) is 0.882. The van der Waals surface area contributed by atoms with Crippen molar-refractivity contribution >= 4 is 23.1 Å². The van der Waals surface area contributed by atoms with Gasteiger partial charge in [0.1, 0.15) is 11.9 Å². The number of anilines is 2. The lowest BCUT2D eigenvalue weighted by molar-refractivity contribution is 1.16. The average Bonchev–Trinajstić information content (AvgIpc) is 2.36. The number of hydrogen-bond donors (Lipinski definition) is 1. The topological polar surface area (TPSA) is 61.6 Å². The van der Waals surface area contributed by atoms with Gasteiger partial charge in [-0.3, -0.25) is 0 Å². The van der Waals surface area contributed by atoms with Crippen LogP contribution in [0.2, 0.25) is 5.02 Å². The highest BCUT2D eigenvalue weighted by atomic mass is 35.5. The summed E-state index contributed by atoms with van der Waals surface area (Å²) < 4.78 is 0. The fourth-order valence-electron chi connectivity index (χ4n) is 1.33. The summed E-state index contributed by atoms with van der Waals surface area (Å²) in [7, 11) is 0. The second kappa shape index (κ2) is 4.81. The number of nitrogens with one attached hydrogen (secondary N) is 1. The van der Waals surface area contributed by atoms with Crippen LogP contribution in [-0.2, 0) is 0 Å². The van der Waals surface area contributed by atoms with E-state index >= 15 is 0 Å². The normalized spacial score (nSPS) is 9.71.